The van der Waals surface area contributed by atoms with Gasteiger partial charge < -0.3 is 10.0 Å². The van der Waals surface area contributed by atoms with E-state index in [9.17, 15) is 22.8 Å². The van der Waals surface area contributed by atoms with E-state index >= 15 is 0 Å². The van der Waals surface area contributed by atoms with Crippen LogP contribution in [0.25, 0.3) is 0 Å². The van der Waals surface area contributed by atoms with E-state index in [2.05, 4.69) is 0 Å². The molecule has 0 heterocycles. The van der Waals surface area contributed by atoms with Crippen molar-refractivity contribution in [2.45, 2.75) is 31.9 Å². The van der Waals surface area contributed by atoms with E-state index in [1.54, 1.807) is 6.07 Å². The van der Waals surface area contributed by atoms with Crippen LogP contribution in [0.3, 0.4) is 0 Å². The Morgan fingerprint density at radius 3 is 2.50 bits per heavy atom. The summed E-state index contributed by atoms with van der Waals surface area (Å²) >= 11 is 0. The number of hydrogen-bond donors (Lipinski definition) is 1. The van der Waals surface area contributed by atoms with Crippen molar-refractivity contribution < 1.29 is 27.9 Å². The fourth-order valence-electron chi connectivity index (χ4n) is 1.93. The van der Waals surface area contributed by atoms with Gasteiger partial charge in [0.2, 0.25) is 5.91 Å². The third kappa shape index (κ3) is 6.15. The van der Waals surface area contributed by atoms with Crippen molar-refractivity contribution in [2.24, 2.45) is 0 Å². The molecule has 1 aromatic rings. The van der Waals surface area contributed by atoms with Gasteiger partial charge in [-0.3, -0.25) is 9.59 Å². The van der Waals surface area contributed by atoms with Crippen LogP contribution in [0.5, 0.6) is 0 Å². The molecule has 0 aliphatic heterocycles. The average Bonchev–Trinajstić information content (AvgIpc) is 2.44. The molecule has 1 N–H and O–H groups in total. The number of benzene rings is 1. The molecular formula is C15H18F3NO3. The molecule has 0 atom stereocenters. The summed E-state index contributed by atoms with van der Waals surface area (Å²) in [5.74, 6) is -1.20. The molecule has 4 nitrogen and oxygen atoms in total. The molecule has 7 heteroatoms. The summed E-state index contributed by atoms with van der Waals surface area (Å²) in [4.78, 5) is 23.5. The standard InChI is InChI=1S/C15H18F3NO3/c1-19(9-8-14(21)22)13(20)7-3-5-11-4-2-6-12(10-11)15(16,17)18/h2,4,6,10H,3,5,7-9H2,1H3,(H,21,22). The first kappa shape index (κ1) is 18.0. The highest BCUT2D eigenvalue weighted by Crippen LogP contribution is 2.29. The van der Waals surface area contributed by atoms with Gasteiger partial charge in [0.1, 0.15) is 0 Å². The van der Waals surface area contributed by atoms with E-state index in [4.69, 9.17) is 5.11 Å². The monoisotopic (exact) mass is 317 g/mol. The van der Waals surface area contributed by atoms with Crippen LogP contribution in [0.4, 0.5) is 13.2 Å². The number of carboxylic acids is 1. The Kier molecular flexibility index (Phi) is 6.39. The maximum absolute atomic E-state index is 12.6. The Balaban J connectivity index is 2.44. The maximum Gasteiger partial charge on any atom is 0.416 e. The number of carboxylic acid groups (broad SMARTS) is 1. The molecule has 0 spiro atoms. The molecule has 122 valence electrons. The number of aliphatic carboxylic acids is 1. The maximum atomic E-state index is 12.6. The SMILES string of the molecule is CN(CCC(=O)O)C(=O)CCCc1cccc(C(F)(F)F)c1. The lowest BCUT2D eigenvalue weighted by atomic mass is 10.0. The Labute approximate surface area is 126 Å². The molecule has 0 unspecified atom stereocenters. The molecule has 0 aliphatic rings. The Bertz CT molecular complexity index is 529. The topological polar surface area (TPSA) is 57.6 Å². The number of hydrogen-bond acceptors (Lipinski definition) is 2. The van der Waals surface area contributed by atoms with Crippen LogP contribution in [-0.2, 0) is 22.2 Å². The van der Waals surface area contributed by atoms with Crippen LogP contribution in [0.15, 0.2) is 24.3 Å². The Morgan fingerprint density at radius 2 is 1.91 bits per heavy atom. The molecule has 0 aliphatic carbocycles. The average molecular weight is 317 g/mol. The lowest BCUT2D eigenvalue weighted by Gasteiger charge is -2.16. The predicted octanol–water partition coefficient (Wildman–Crippen LogP) is 2.96. The predicted molar refractivity (Wildman–Crippen MR) is 74.3 cm³/mol. The Hall–Kier alpha value is -2.05. The van der Waals surface area contributed by atoms with E-state index in [0.717, 1.165) is 12.1 Å². The fraction of sp³-hybridized carbons (Fsp3) is 0.467. The molecule has 0 bridgehead atoms. The molecule has 0 aromatic heterocycles. The minimum absolute atomic E-state index is 0.123. The van der Waals surface area contributed by atoms with E-state index < -0.39 is 17.7 Å². The summed E-state index contributed by atoms with van der Waals surface area (Å²) in [5.41, 5.74) is -0.175. The van der Waals surface area contributed by atoms with Crippen LogP contribution in [0.2, 0.25) is 0 Å². The Morgan fingerprint density at radius 1 is 1.23 bits per heavy atom. The molecule has 0 saturated carbocycles. The number of rotatable bonds is 7. The molecule has 0 radical (unpaired) electrons. The molecule has 22 heavy (non-hydrogen) atoms. The van der Waals surface area contributed by atoms with Gasteiger partial charge in [-0.1, -0.05) is 18.2 Å². The lowest BCUT2D eigenvalue weighted by molar-refractivity contribution is -0.139. The zero-order valence-corrected chi connectivity index (χ0v) is 12.2. The van der Waals surface area contributed by atoms with Crippen molar-refractivity contribution in [1.82, 2.24) is 4.90 Å². The van der Waals surface area contributed by atoms with Crippen LogP contribution >= 0.6 is 0 Å². The quantitative estimate of drug-likeness (QED) is 0.841. The zero-order chi connectivity index (χ0) is 16.8. The summed E-state index contributed by atoms with van der Waals surface area (Å²) < 4.78 is 37.7. The lowest BCUT2D eigenvalue weighted by Crippen LogP contribution is -2.28. The van der Waals surface area contributed by atoms with Crippen LogP contribution in [0, 0.1) is 0 Å². The van der Waals surface area contributed by atoms with Gasteiger partial charge in [-0.15, -0.1) is 0 Å². The number of aryl methyl sites for hydroxylation is 1. The van der Waals surface area contributed by atoms with Crippen LogP contribution in [-0.4, -0.2) is 35.5 Å². The van der Waals surface area contributed by atoms with Crippen molar-refractivity contribution in [3.05, 3.63) is 35.4 Å². The van der Waals surface area contributed by atoms with Gasteiger partial charge in [-0.2, -0.15) is 13.2 Å². The van der Waals surface area contributed by atoms with Crippen molar-refractivity contribution in [1.29, 1.82) is 0 Å². The number of carbonyl (C=O) groups excluding carboxylic acids is 1. The largest absolute Gasteiger partial charge is 0.481 e. The van der Waals surface area contributed by atoms with Gasteiger partial charge in [-0.05, 0) is 24.5 Å². The highest BCUT2D eigenvalue weighted by atomic mass is 19.4. The third-order valence-electron chi connectivity index (χ3n) is 3.20. The first-order chi connectivity index (χ1) is 10.2. The minimum Gasteiger partial charge on any atom is -0.481 e. The highest BCUT2D eigenvalue weighted by molar-refractivity contribution is 5.76. The summed E-state index contributed by atoms with van der Waals surface area (Å²) in [6.07, 6.45) is -3.55. The van der Waals surface area contributed by atoms with Crippen molar-refractivity contribution >= 4 is 11.9 Å². The molecule has 0 saturated heterocycles. The van der Waals surface area contributed by atoms with Crippen molar-refractivity contribution in [2.75, 3.05) is 13.6 Å². The summed E-state index contributed by atoms with van der Waals surface area (Å²) in [6.45, 7) is 0.123. The van der Waals surface area contributed by atoms with Gasteiger partial charge in [-0.25, -0.2) is 0 Å². The van der Waals surface area contributed by atoms with E-state index in [1.165, 1.54) is 18.0 Å². The van der Waals surface area contributed by atoms with Crippen molar-refractivity contribution in [3.8, 4) is 0 Å². The first-order valence-corrected chi connectivity index (χ1v) is 6.82. The number of amides is 1. The number of nitrogens with zero attached hydrogens (tertiary/aromatic N) is 1. The summed E-state index contributed by atoms with van der Waals surface area (Å²) in [5, 5.41) is 8.53. The molecule has 1 amide bonds. The van der Waals surface area contributed by atoms with Gasteiger partial charge in [0.15, 0.2) is 0 Å². The van der Waals surface area contributed by atoms with Gasteiger partial charge >= 0.3 is 12.1 Å². The molecular weight excluding hydrogens is 299 g/mol. The smallest absolute Gasteiger partial charge is 0.416 e. The first-order valence-electron chi connectivity index (χ1n) is 6.82. The number of alkyl halides is 3. The third-order valence-corrected chi connectivity index (χ3v) is 3.20. The summed E-state index contributed by atoms with van der Waals surface area (Å²) in [6, 6.07) is 5.03. The fourth-order valence-corrected chi connectivity index (χ4v) is 1.93. The normalized spacial score (nSPS) is 11.3. The van der Waals surface area contributed by atoms with Gasteiger partial charge in [0.25, 0.3) is 0 Å². The van der Waals surface area contributed by atoms with Gasteiger partial charge in [0, 0.05) is 20.0 Å². The minimum atomic E-state index is -4.37. The second kappa shape index (κ2) is 7.82. The molecule has 1 rings (SSSR count). The second-order valence-electron chi connectivity index (χ2n) is 5.01. The van der Waals surface area contributed by atoms with E-state index in [-0.39, 0.29) is 25.3 Å². The van der Waals surface area contributed by atoms with E-state index in [0.29, 0.717) is 18.4 Å². The summed E-state index contributed by atoms with van der Waals surface area (Å²) in [7, 11) is 1.51. The van der Waals surface area contributed by atoms with Crippen LogP contribution in [0.1, 0.15) is 30.4 Å². The second-order valence-corrected chi connectivity index (χ2v) is 5.01. The number of halogens is 3. The highest BCUT2D eigenvalue weighted by Gasteiger charge is 2.30. The number of carbonyl (C=O) groups is 2. The van der Waals surface area contributed by atoms with Crippen molar-refractivity contribution in [3.63, 3.8) is 0 Å². The zero-order valence-electron chi connectivity index (χ0n) is 12.2. The van der Waals surface area contributed by atoms with Crippen LogP contribution < -0.4 is 0 Å². The van der Waals surface area contributed by atoms with E-state index in [1.807, 2.05) is 0 Å². The molecule has 1 aromatic carbocycles. The van der Waals surface area contributed by atoms with Gasteiger partial charge in [0.05, 0.1) is 12.0 Å². The molecule has 0 fully saturated rings.